The van der Waals surface area contributed by atoms with Gasteiger partial charge in [0.25, 0.3) is 5.92 Å². The third-order valence-electron chi connectivity index (χ3n) is 6.22. The first-order valence-electron chi connectivity index (χ1n) is 9.82. The first-order valence-corrected chi connectivity index (χ1v) is 9.82. The van der Waals surface area contributed by atoms with Gasteiger partial charge < -0.3 is 19.8 Å². The van der Waals surface area contributed by atoms with E-state index in [-0.39, 0.29) is 36.6 Å². The number of aromatic amines is 2. The minimum atomic E-state index is -2.82. The number of imidazole rings is 1. The fourth-order valence-electron chi connectivity index (χ4n) is 4.60. The van der Waals surface area contributed by atoms with Gasteiger partial charge in [0, 0.05) is 37.6 Å². The number of carbonyl (C=O) groups is 1. The quantitative estimate of drug-likeness (QED) is 0.653. The molecule has 2 fully saturated rings. The minimum Gasteiger partial charge on any atom is -0.346 e. The summed E-state index contributed by atoms with van der Waals surface area (Å²) in [6.07, 6.45) is 3.79. The zero-order valence-corrected chi connectivity index (χ0v) is 16.0. The lowest BCUT2D eigenvalue weighted by Crippen LogP contribution is -2.50. The maximum atomic E-state index is 13.6. The molecule has 0 unspecified atom stereocenters. The molecule has 2 saturated heterocycles. The maximum Gasteiger partial charge on any atom is 0.326 e. The fraction of sp³-hybridized carbons (Fsp3) is 0.526. The summed E-state index contributed by atoms with van der Waals surface area (Å²) in [5, 5.41) is 0.829. The molecule has 2 aliphatic rings. The highest BCUT2D eigenvalue weighted by Crippen LogP contribution is 2.33. The summed E-state index contributed by atoms with van der Waals surface area (Å²) in [4.78, 5) is 38.7. The molecule has 0 spiro atoms. The summed E-state index contributed by atoms with van der Waals surface area (Å²) in [7, 11) is 0. The summed E-state index contributed by atoms with van der Waals surface area (Å²) < 4.78 is 28.8. The van der Waals surface area contributed by atoms with Crippen molar-refractivity contribution in [3.63, 3.8) is 0 Å². The van der Waals surface area contributed by atoms with Gasteiger partial charge in [-0.15, -0.1) is 0 Å². The number of urea groups is 1. The SMILES string of the molecule is C[C@@H]1CCN(C(=O)N2CCC(F)(F)C2)C[C@@H]1n1c(=O)[nH]c2cnc3[nH]ccc3c21. The molecule has 0 aromatic carbocycles. The predicted octanol–water partition coefficient (Wildman–Crippen LogP) is 2.55. The number of likely N-dealkylation sites (tertiary alicyclic amines) is 2. The van der Waals surface area contributed by atoms with Gasteiger partial charge in [-0.2, -0.15) is 0 Å². The molecule has 10 heteroatoms. The molecular weight excluding hydrogens is 382 g/mol. The van der Waals surface area contributed by atoms with Gasteiger partial charge in [-0.3, -0.25) is 4.57 Å². The van der Waals surface area contributed by atoms with E-state index in [4.69, 9.17) is 0 Å². The Kier molecular flexibility index (Phi) is 3.94. The average Bonchev–Trinajstić information content (AvgIpc) is 3.37. The molecule has 2 aliphatic heterocycles. The second-order valence-electron chi connectivity index (χ2n) is 8.15. The zero-order valence-electron chi connectivity index (χ0n) is 16.0. The Morgan fingerprint density at radius 2 is 2.14 bits per heavy atom. The van der Waals surface area contributed by atoms with Crippen LogP contribution in [0.25, 0.3) is 22.1 Å². The molecule has 3 aromatic rings. The van der Waals surface area contributed by atoms with Crippen molar-refractivity contribution in [1.29, 1.82) is 0 Å². The Bertz CT molecular complexity index is 1150. The number of amides is 2. The van der Waals surface area contributed by atoms with Crippen molar-refractivity contribution in [3.05, 3.63) is 28.9 Å². The van der Waals surface area contributed by atoms with Crippen molar-refractivity contribution in [2.24, 2.45) is 5.92 Å². The Hall–Kier alpha value is -2.91. The van der Waals surface area contributed by atoms with Crippen molar-refractivity contribution < 1.29 is 13.6 Å². The van der Waals surface area contributed by atoms with Gasteiger partial charge >= 0.3 is 11.7 Å². The Morgan fingerprint density at radius 1 is 1.31 bits per heavy atom. The number of carbonyl (C=O) groups excluding carboxylic acids is 1. The molecule has 0 aliphatic carbocycles. The van der Waals surface area contributed by atoms with E-state index in [0.29, 0.717) is 30.7 Å². The van der Waals surface area contributed by atoms with Crippen molar-refractivity contribution in [2.45, 2.75) is 31.7 Å². The number of pyridine rings is 1. The molecule has 2 N–H and O–H groups in total. The molecule has 0 radical (unpaired) electrons. The van der Waals surface area contributed by atoms with Gasteiger partial charge in [0.2, 0.25) is 0 Å². The largest absolute Gasteiger partial charge is 0.346 e. The van der Waals surface area contributed by atoms with Gasteiger partial charge in [0.15, 0.2) is 0 Å². The third-order valence-corrected chi connectivity index (χ3v) is 6.22. The number of nitrogens with one attached hydrogen (secondary N) is 2. The van der Waals surface area contributed by atoms with Gasteiger partial charge in [0.1, 0.15) is 5.65 Å². The van der Waals surface area contributed by atoms with Crippen molar-refractivity contribution in [2.75, 3.05) is 26.2 Å². The van der Waals surface area contributed by atoms with E-state index in [2.05, 4.69) is 21.9 Å². The molecule has 3 aromatic heterocycles. The van der Waals surface area contributed by atoms with Gasteiger partial charge in [0.05, 0.1) is 29.8 Å². The van der Waals surface area contributed by atoms with Crippen LogP contribution in [0.3, 0.4) is 0 Å². The van der Waals surface area contributed by atoms with Crippen LogP contribution in [-0.4, -0.2) is 67.5 Å². The number of hydrogen-bond donors (Lipinski definition) is 2. The number of nitrogens with zero attached hydrogens (tertiary/aromatic N) is 4. The molecular formula is C19H22F2N6O2. The van der Waals surface area contributed by atoms with Crippen molar-refractivity contribution in [3.8, 4) is 0 Å². The number of H-pyrrole nitrogens is 2. The van der Waals surface area contributed by atoms with Crippen molar-refractivity contribution >= 4 is 28.1 Å². The average molecular weight is 404 g/mol. The third kappa shape index (κ3) is 2.89. The van der Waals surface area contributed by atoms with E-state index in [1.165, 1.54) is 4.90 Å². The summed E-state index contributed by atoms with van der Waals surface area (Å²) in [5.41, 5.74) is 1.81. The van der Waals surface area contributed by atoms with Crippen LogP contribution in [0.1, 0.15) is 25.8 Å². The first-order chi connectivity index (χ1) is 13.8. The maximum absolute atomic E-state index is 13.6. The smallest absolute Gasteiger partial charge is 0.326 e. The second kappa shape index (κ2) is 6.30. The number of fused-ring (bicyclic) bond motifs is 3. The van der Waals surface area contributed by atoms with Crippen LogP contribution in [0.4, 0.5) is 13.6 Å². The second-order valence-corrected chi connectivity index (χ2v) is 8.15. The lowest BCUT2D eigenvalue weighted by Gasteiger charge is -2.39. The molecule has 29 heavy (non-hydrogen) atoms. The first kappa shape index (κ1) is 18.1. The number of rotatable bonds is 1. The summed E-state index contributed by atoms with van der Waals surface area (Å²) in [6.45, 7) is 2.38. The molecule has 5 heterocycles. The van der Waals surface area contributed by atoms with E-state index >= 15 is 0 Å². The molecule has 0 saturated carbocycles. The van der Waals surface area contributed by atoms with Crippen LogP contribution >= 0.6 is 0 Å². The van der Waals surface area contributed by atoms with E-state index in [1.54, 1.807) is 21.9 Å². The summed E-state index contributed by atoms with van der Waals surface area (Å²) >= 11 is 0. The molecule has 2 atom stereocenters. The molecule has 2 amide bonds. The minimum absolute atomic E-state index is 0.0607. The Balaban J connectivity index is 1.51. The molecule has 8 nitrogen and oxygen atoms in total. The highest BCUT2D eigenvalue weighted by Gasteiger charge is 2.43. The molecule has 0 bridgehead atoms. The van der Waals surface area contributed by atoms with Crippen LogP contribution in [0.15, 0.2) is 23.3 Å². The number of hydrogen-bond acceptors (Lipinski definition) is 3. The predicted molar refractivity (Wildman–Crippen MR) is 103 cm³/mol. The number of alkyl halides is 2. The number of aromatic nitrogens is 4. The van der Waals surface area contributed by atoms with E-state index in [9.17, 15) is 18.4 Å². The topological polar surface area (TPSA) is 90.0 Å². The highest BCUT2D eigenvalue weighted by atomic mass is 19.3. The van der Waals surface area contributed by atoms with Crippen LogP contribution < -0.4 is 5.69 Å². The normalized spacial score (nSPS) is 24.7. The zero-order chi connectivity index (χ0) is 20.3. The molecule has 154 valence electrons. The molecule has 5 rings (SSSR count). The number of halogens is 2. The lowest BCUT2D eigenvalue weighted by atomic mass is 9.93. The van der Waals surface area contributed by atoms with Crippen molar-refractivity contribution in [1.82, 2.24) is 29.3 Å². The Labute approximate surface area is 164 Å². The van der Waals surface area contributed by atoms with E-state index in [1.807, 2.05) is 6.07 Å². The van der Waals surface area contributed by atoms with Gasteiger partial charge in [-0.05, 0) is 18.4 Å². The van der Waals surface area contributed by atoms with Gasteiger partial charge in [-0.1, -0.05) is 6.92 Å². The van der Waals surface area contributed by atoms with Crippen LogP contribution in [-0.2, 0) is 0 Å². The van der Waals surface area contributed by atoms with Crippen LogP contribution in [0.2, 0.25) is 0 Å². The monoisotopic (exact) mass is 404 g/mol. The number of piperidine rings is 1. The van der Waals surface area contributed by atoms with E-state index in [0.717, 1.165) is 10.9 Å². The summed E-state index contributed by atoms with van der Waals surface area (Å²) in [5.74, 6) is -2.67. The fourth-order valence-corrected chi connectivity index (χ4v) is 4.60. The van der Waals surface area contributed by atoms with Crippen LogP contribution in [0, 0.1) is 5.92 Å². The standard InChI is InChI=1S/C19H22F2N6O2/c1-11-3-6-25(18(29)26-7-4-19(20,21)10-26)9-14(11)27-15-12-2-5-22-16(12)23-8-13(15)24-17(27)28/h2,5,8,11,14H,3-4,6-7,9-10H2,1H3,(H,22,23)(H,24,28)/t11-,14+/m1/s1. The highest BCUT2D eigenvalue weighted by molar-refractivity contribution is 6.01. The van der Waals surface area contributed by atoms with E-state index < -0.39 is 12.5 Å². The summed E-state index contributed by atoms with van der Waals surface area (Å²) in [6, 6.07) is 1.25. The lowest BCUT2D eigenvalue weighted by molar-refractivity contribution is 0.0128. The van der Waals surface area contributed by atoms with Gasteiger partial charge in [-0.25, -0.2) is 23.4 Å². The van der Waals surface area contributed by atoms with Crippen LogP contribution in [0.5, 0.6) is 0 Å². The Morgan fingerprint density at radius 3 is 2.90 bits per heavy atom.